The number of H-pyrrole nitrogens is 1. The number of alkyl halides is 5. The molecule has 8 nitrogen and oxygen atoms in total. The number of para-hydroxylation sites is 2. The molecule has 0 bridgehead atoms. The van der Waals surface area contributed by atoms with E-state index in [0.29, 0.717) is 10.9 Å². The van der Waals surface area contributed by atoms with Gasteiger partial charge in [0, 0.05) is 23.7 Å². The van der Waals surface area contributed by atoms with E-state index in [9.17, 15) is 31.5 Å². The summed E-state index contributed by atoms with van der Waals surface area (Å²) in [6, 6.07) is 13.9. The predicted octanol–water partition coefficient (Wildman–Crippen LogP) is 4.51. The first kappa shape index (κ1) is 24.4. The van der Waals surface area contributed by atoms with Crippen LogP contribution in [-0.4, -0.2) is 63.3 Å². The van der Waals surface area contributed by atoms with Crippen LogP contribution in [0.2, 0.25) is 0 Å². The molecule has 0 spiro atoms. The zero-order valence-corrected chi connectivity index (χ0v) is 18.8. The maximum atomic E-state index is 14.9. The van der Waals surface area contributed by atoms with Gasteiger partial charge in [0.25, 0.3) is 17.7 Å². The van der Waals surface area contributed by atoms with Crippen LogP contribution < -0.4 is 9.47 Å². The normalized spacial score (nSPS) is 17.6. The molecular formula is C24H17F5N4O4. The minimum Gasteiger partial charge on any atom is -0.463 e. The lowest BCUT2D eigenvalue weighted by Gasteiger charge is -2.37. The summed E-state index contributed by atoms with van der Waals surface area (Å²) < 4.78 is 78.1. The standard InChI is InChI=1S/C24H17F5N4O4/c25-23(26)9-10-33(21(34)19-14-6-2-4-8-16(14)31-32-19)12-18(23)37-20-17(36-22(35)24(27,28)29)11-13-5-1-3-7-15(13)30-20/h1-8,11,18H,9-10,12H2,(H,31,32)/t18-/m0/s1. The van der Waals surface area contributed by atoms with Crippen molar-refractivity contribution in [3.8, 4) is 11.6 Å². The molecule has 192 valence electrons. The van der Waals surface area contributed by atoms with Crippen LogP contribution >= 0.6 is 0 Å². The van der Waals surface area contributed by atoms with Gasteiger partial charge < -0.3 is 14.4 Å². The molecule has 37 heavy (non-hydrogen) atoms. The summed E-state index contributed by atoms with van der Waals surface area (Å²) in [5.74, 6) is -8.17. The minimum atomic E-state index is -5.34. The highest BCUT2D eigenvalue weighted by Crippen LogP contribution is 2.37. The highest BCUT2D eigenvalue weighted by atomic mass is 19.4. The fraction of sp³-hybridized carbons (Fsp3) is 0.250. The first-order chi connectivity index (χ1) is 17.5. The lowest BCUT2D eigenvalue weighted by atomic mass is 10.0. The number of fused-ring (bicyclic) bond motifs is 2. The molecule has 1 aliphatic rings. The summed E-state index contributed by atoms with van der Waals surface area (Å²) >= 11 is 0. The second kappa shape index (κ2) is 8.98. The van der Waals surface area contributed by atoms with Gasteiger partial charge in [0.15, 0.2) is 17.5 Å². The van der Waals surface area contributed by atoms with Crippen molar-refractivity contribution in [3.05, 3.63) is 60.3 Å². The van der Waals surface area contributed by atoms with Crippen LogP contribution in [0.15, 0.2) is 54.6 Å². The number of hydrogen-bond acceptors (Lipinski definition) is 6. The predicted molar refractivity (Wildman–Crippen MR) is 119 cm³/mol. The fourth-order valence-electron chi connectivity index (χ4n) is 3.98. The van der Waals surface area contributed by atoms with E-state index in [0.717, 1.165) is 11.0 Å². The number of nitrogens with one attached hydrogen (secondary N) is 1. The Kier molecular flexibility index (Phi) is 5.92. The molecule has 1 saturated heterocycles. The number of carbonyl (C=O) groups is 2. The van der Waals surface area contributed by atoms with E-state index >= 15 is 0 Å². The van der Waals surface area contributed by atoms with Gasteiger partial charge in [-0.1, -0.05) is 36.4 Å². The molecule has 13 heteroatoms. The summed E-state index contributed by atoms with van der Waals surface area (Å²) in [4.78, 5) is 29.7. The summed E-state index contributed by atoms with van der Waals surface area (Å²) in [5, 5.41) is 7.49. The molecule has 4 aromatic rings. The Bertz CT molecular complexity index is 1500. The number of aromatic nitrogens is 3. The van der Waals surface area contributed by atoms with Gasteiger partial charge in [-0.2, -0.15) is 18.3 Å². The number of carbonyl (C=O) groups excluding carboxylic acids is 2. The molecular weight excluding hydrogens is 503 g/mol. The fourth-order valence-corrected chi connectivity index (χ4v) is 3.98. The highest BCUT2D eigenvalue weighted by Gasteiger charge is 2.48. The molecule has 0 saturated carbocycles. The number of amides is 1. The molecule has 0 unspecified atom stereocenters. The number of aromatic amines is 1. The monoisotopic (exact) mass is 520 g/mol. The zero-order valence-electron chi connectivity index (χ0n) is 18.8. The van der Waals surface area contributed by atoms with Gasteiger partial charge in [-0.3, -0.25) is 9.89 Å². The Morgan fingerprint density at radius 2 is 1.81 bits per heavy atom. The quantitative estimate of drug-likeness (QED) is 0.314. The van der Waals surface area contributed by atoms with Crippen molar-refractivity contribution < 1.29 is 41.0 Å². The molecule has 1 amide bonds. The van der Waals surface area contributed by atoms with Crippen LogP contribution in [0.5, 0.6) is 11.6 Å². The topological polar surface area (TPSA) is 97.4 Å². The summed E-state index contributed by atoms with van der Waals surface area (Å²) in [7, 11) is 0. The number of halogens is 5. The van der Waals surface area contributed by atoms with Gasteiger partial charge in [0.05, 0.1) is 17.6 Å². The van der Waals surface area contributed by atoms with Crippen molar-refractivity contribution >= 4 is 33.7 Å². The van der Waals surface area contributed by atoms with Crippen molar-refractivity contribution in [2.75, 3.05) is 13.1 Å². The summed E-state index contributed by atoms with van der Waals surface area (Å²) in [6.45, 7) is -0.928. The van der Waals surface area contributed by atoms with Gasteiger partial charge >= 0.3 is 12.1 Å². The van der Waals surface area contributed by atoms with E-state index in [-0.39, 0.29) is 23.1 Å². The van der Waals surface area contributed by atoms with Gasteiger partial charge in [0.2, 0.25) is 0 Å². The van der Waals surface area contributed by atoms with Crippen LogP contribution in [0, 0.1) is 0 Å². The van der Waals surface area contributed by atoms with Crippen LogP contribution in [-0.2, 0) is 4.79 Å². The lowest BCUT2D eigenvalue weighted by molar-refractivity contribution is -0.190. The van der Waals surface area contributed by atoms with Gasteiger partial charge in [-0.25, -0.2) is 18.6 Å². The van der Waals surface area contributed by atoms with Crippen molar-refractivity contribution in [1.82, 2.24) is 20.1 Å². The summed E-state index contributed by atoms with van der Waals surface area (Å²) in [6.07, 6.45) is -8.11. The average molecular weight is 520 g/mol. The van der Waals surface area contributed by atoms with Crippen molar-refractivity contribution in [2.45, 2.75) is 24.6 Å². The Hall–Kier alpha value is -4.29. The van der Waals surface area contributed by atoms with Gasteiger partial charge in [-0.15, -0.1) is 0 Å². The Morgan fingerprint density at radius 1 is 1.08 bits per heavy atom. The molecule has 0 aliphatic carbocycles. The second-order valence-electron chi connectivity index (χ2n) is 8.36. The molecule has 2 aromatic carbocycles. The minimum absolute atomic E-state index is 0.0307. The van der Waals surface area contributed by atoms with E-state index in [2.05, 4.69) is 19.9 Å². The maximum Gasteiger partial charge on any atom is 0.491 e. The second-order valence-corrected chi connectivity index (χ2v) is 8.36. The van der Waals surface area contributed by atoms with Gasteiger partial charge in [-0.05, 0) is 18.2 Å². The van der Waals surface area contributed by atoms with E-state index in [4.69, 9.17) is 4.74 Å². The van der Waals surface area contributed by atoms with Crippen LogP contribution in [0.3, 0.4) is 0 Å². The third kappa shape index (κ3) is 4.76. The molecule has 1 aliphatic heterocycles. The van der Waals surface area contributed by atoms with E-state index in [1.165, 1.54) is 12.1 Å². The first-order valence-electron chi connectivity index (χ1n) is 11.0. The Labute approximate surface area is 205 Å². The number of benzene rings is 2. The molecule has 3 heterocycles. The molecule has 1 atom stereocenters. The number of pyridine rings is 1. The van der Waals surface area contributed by atoms with Crippen LogP contribution in [0.1, 0.15) is 16.9 Å². The van der Waals surface area contributed by atoms with Crippen molar-refractivity contribution in [1.29, 1.82) is 0 Å². The van der Waals surface area contributed by atoms with Gasteiger partial charge in [0.1, 0.15) is 0 Å². The summed E-state index contributed by atoms with van der Waals surface area (Å²) in [5.41, 5.74) is 0.819. The first-order valence-corrected chi connectivity index (χ1v) is 11.0. The average Bonchev–Trinajstić information content (AvgIpc) is 3.28. The molecule has 5 rings (SSSR count). The largest absolute Gasteiger partial charge is 0.491 e. The Morgan fingerprint density at radius 3 is 2.59 bits per heavy atom. The number of esters is 1. The third-order valence-electron chi connectivity index (χ3n) is 5.88. The van der Waals surface area contributed by atoms with E-state index in [1.54, 1.807) is 36.4 Å². The zero-order chi connectivity index (χ0) is 26.4. The molecule has 1 N–H and O–H groups in total. The van der Waals surface area contributed by atoms with Crippen molar-refractivity contribution in [2.24, 2.45) is 0 Å². The Balaban J connectivity index is 1.46. The van der Waals surface area contributed by atoms with E-state index in [1.807, 2.05) is 0 Å². The third-order valence-corrected chi connectivity index (χ3v) is 5.88. The molecule has 0 radical (unpaired) electrons. The smallest absolute Gasteiger partial charge is 0.463 e. The number of piperidine rings is 1. The molecule has 2 aromatic heterocycles. The van der Waals surface area contributed by atoms with Crippen molar-refractivity contribution in [3.63, 3.8) is 0 Å². The number of likely N-dealkylation sites (tertiary alicyclic amines) is 1. The van der Waals surface area contributed by atoms with Crippen LogP contribution in [0.4, 0.5) is 22.0 Å². The lowest BCUT2D eigenvalue weighted by Crippen LogP contribution is -2.55. The number of hydrogen-bond donors (Lipinski definition) is 1. The maximum absolute atomic E-state index is 14.9. The number of nitrogens with zero attached hydrogens (tertiary/aromatic N) is 3. The molecule has 1 fully saturated rings. The van der Waals surface area contributed by atoms with E-state index < -0.39 is 54.7 Å². The number of ether oxygens (including phenoxy) is 2. The highest BCUT2D eigenvalue weighted by molar-refractivity contribution is 6.04. The number of rotatable bonds is 4. The SMILES string of the molecule is O=C(c1n[nH]c2ccccc12)N1CCC(F)(F)[C@@H](Oc2nc3ccccc3cc2OC(=O)C(F)(F)F)C1. The van der Waals surface area contributed by atoms with Crippen LogP contribution in [0.25, 0.3) is 21.8 Å².